The van der Waals surface area contributed by atoms with Crippen molar-refractivity contribution in [1.82, 2.24) is 9.62 Å². The molecule has 1 aromatic rings. The highest BCUT2D eigenvalue weighted by Crippen LogP contribution is 2.12. The van der Waals surface area contributed by atoms with Gasteiger partial charge in [-0.15, -0.1) is 0 Å². The largest absolute Gasteiger partial charge is 0.370 e. The van der Waals surface area contributed by atoms with Crippen molar-refractivity contribution in [2.75, 3.05) is 31.6 Å². The molecule has 6 nitrogen and oxygen atoms in total. The lowest BCUT2D eigenvalue weighted by molar-refractivity contribution is 0.455. The number of nitrogens with zero attached hydrogens (tertiary/aromatic N) is 2. The number of nitrogens with one attached hydrogen (secondary N) is 1. The van der Waals surface area contributed by atoms with Crippen molar-refractivity contribution in [3.05, 3.63) is 29.8 Å². The smallest absolute Gasteiger partial charge is 0.240 e. The fourth-order valence-electron chi connectivity index (χ4n) is 1.96. The summed E-state index contributed by atoms with van der Waals surface area (Å²) in [5.74, 6) is 2.71. The number of nitrogens with two attached hydrogens (primary N) is 1. The number of hydrogen-bond acceptors (Lipinski definition) is 4. The van der Waals surface area contributed by atoms with Gasteiger partial charge in [-0.3, -0.25) is 0 Å². The molecule has 116 valence electrons. The minimum atomic E-state index is -3.38. The Kier molecular flexibility index (Phi) is 5.49. The maximum absolute atomic E-state index is 11.6. The summed E-state index contributed by atoms with van der Waals surface area (Å²) in [5.41, 5.74) is 6.91. The highest BCUT2D eigenvalue weighted by atomic mass is 32.2. The first kappa shape index (κ1) is 16.1. The Morgan fingerprint density at radius 2 is 1.95 bits per heavy atom. The Morgan fingerprint density at radius 1 is 1.33 bits per heavy atom. The van der Waals surface area contributed by atoms with E-state index >= 15 is 0 Å². The number of aliphatic imine (C=N–C) groups is 1. The van der Waals surface area contributed by atoms with Crippen molar-refractivity contribution in [3.63, 3.8) is 0 Å². The van der Waals surface area contributed by atoms with Crippen LogP contribution in [0.3, 0.4) is 0 Å². The summed E-state index contributed by atoms with van der Waals surface area (Å²) in [6.45, 7) is 2.31. The molecule has 0 unspecified atom stereocenters. The number of benzene rings is 1. The summed E-state index contributed by atoms with van der Waals surface area (Å²) in [6, 6.07) is 6.66. The predicted molar refractivity (Wildman–Crippen MR) is 86.9 cm³/mol. The molecule has 1 aromatic carbocycles. The van der Waals surface area contributed by atoms with Crippen LogP contribution >= 0.6 is 11.8 Å². The second kappa shape index (κ2) is 7.15. The van der Waals surface area contributed by atoms with Gasteiger partial charge in [0.25, 0.3) is 0 Å². The van der Waals surface area contributed by atoms with Crippen LogP contribution in [0.1, 0.15) is 5.56 Å². The first-order valence-electron chi connectivity index (χ1n) is 6.68. The molecule has 0 saturated carbocycles. The Hall–Kier alpha value is -1.25. The van der Waals surface area contributed by atoms with E-state index in [1.165, 1.54) is 7.05 Å². The van der Waals surface area contributed by atoms with Crippen molar-refractivity contribution in [3.8, 4) is 0 Å². The first-order valence-corrected chi connectivity index (χ1v) is 9.32. The van der Waals surface area contributed by atoms with Gasteiger partial charge in [0.1, 0.15) is 0 Å². The molecule has 0 aromatic heterocycles. The van der Waals surface area contributed by atoms with E-state index < -0.39 is 10.0 Å². The van der Waals surface area contributed by atoms with Gasteiger partial charge < -0.3 is 10.6 Å². The van der Waals surface area contributed by atoms with Gasteiger partial charge in [-0.25, -0.2) is 18.1 Å². The molecule has 0 radical (unpaired) electrons. The van der Waals surface area contributed by atoms with Crippen LogP contribution in [0.15, 0.2) is 34.2 Å². The number of thioether (sulfide) groups is 1. The molecule has 0 amide bonds. The third kappa shape index (κ3) is 4.36. The van der Waals surface area contributed by atoms with E-state index in [4.69, 9.17) is 5.73 Å². The molecule has 0 spiro atoms. The lowest BCUT2D eigenvalue weighted by atomic mass is 10.2. The molecule has 1 fully saturated rings. The lowest BCUT2D eigenvalue weighted by Gasteiger charge is -2.27. The average molecular weight is 328 g/mol. The lowest BCUT2D eigenvalue weighted by Crippen LogP contribution is -2.42. The first-order chi connectivity index (χ1) is 10.0. The SMILES string of the molecule is CNS(=O)(=O)c1ccc(CN=C(N)N2CCSCC2)cc1. The molecule has 1 aliphatic rings. The van der Waals surface area contributed by atoms with Crippen LogP contribution in [0.2, 0.25) is 0 Å². The highest BCUT2D eigenvalue weighted by molar-refractivity contribution is 7.99. The van der Waals surface area contributed by atoms with E-state index in [0.717, 1.165) is 30.2 Å². The molecule has 3 N–H and O–H groups in total. The van der Waals surface area contributed by atoms with Gasteiger partial charge in [-0.2, -0.15) is 11.8 Å². The van der Waals surface area contributed by atoms with Crippen molar-refractivity contribution in [1.29, 1.82) is 0 Å². The third-order valence-electron chi connectivity index (χ3n) is 3.26. The minimum Gasteiger partial charge on any atom is -0.370 e. The van der Waals surface area contributed by atoms with E-state index in [2.05, 4.69) is 14.6 Å². The molecule has 0 bridgehead atoms. The van der Waals surface area contributed by atoms with Gasteiger partial charge in [-0.05, 0) is 24.7 Å². The zero-order chi connectivity index (χ0) is 15.3. The molecule has 8 heteroatoms. The summed E-state index contributed by atoms with van der Waals surface area (Å²) in [5, 5.41) is 0. The maximum atomic E-state index is 11.6. The summed E-state index contributed by atoms with van der Waals surface area (Å²) in [4.78, 5) is 6.70. The second-order valence-corrected chi connectivity index (χ2v) is 7.74. The zero-order valence-electron chi connectivity index (χ0n) is 11.9. The van der Waals surface area contributed by atoms with E-state index in [-0.39, 0.29) is 4.90 Å². The Balaban J connectivity index is 2.00. The van der Waals surface area contributed by atoms with Gasteiger partial charge in [0.05, 0.1) is 11.4 Å². The number of guanidine groups is 1. The second-order valence-electron chi connectivity index (χ2n) is 4.63. The zero-order valence-corrected chi connectivity index (χ0v) is 13.6. The fourth-order valence-corrected chi connectivity index (χ4v) is 3.59. The molecule has 1 aliphatic heterocycles. The standard InChI is InChI=1S/C13H20N4O2S2/c1-15-21(18,19)12-4-2-11(3-5-12)10-16-13(14)17-6-8-20-9-7-17/h2-5,15H,6-10H2,1H3,(H2,14,16). The molecule has 2 rings (SSSR count). The summed E-state index contributed by atoms with van der Waals surface area (Å²) in [6.07, 6.45) is 0. The maximum Gasteiger partial charge on any atom is 0.240 e. The van der Waals surface area contributed by atoms with Crippen molar-refractivity contribution < 1.29 is 8.42 Å². The van der Waals surface area contributed by atoms with Crippen LogP contribution in [0.4, 0.5) is 0 Å². The monoisotopic (exact) mass is 328 g/mol. The fraction of sp³-hybridized carbons (Fsp3) is 0.462. The predicted octanol–water partition coefficient (Wildman–Crippen LogP) is 0.458. The van der Waals surface area contributed by atoms with E-state index in [1.54, 1.807) is 24.3 Å². The van der Waals surface area contributed by atoms with Crippen LogP contribution in [0.25, 0.3) is 0 Å². The van der Waals surface area contributed by atoms with Gasteiger partial charge in [-0.1, -0.05) is 12.1 Å². The Labute approximate surface area is 129 Å². The molecule has 0 atom stereocenters. The summed E-state index contributed by atoms with van der Waals surface area (Å²) >= 11 is 1.92. The number of hydrogen-bond donors (Lipinski definition) is 2. The molecule has 0 aliphatic carbocycles. The Bertz CT molecular complexity index is 593. The third-order valence-corrected chi connectivity index (χ3v) is 5.63. The molecular formula is C13H20N4O2S2. The van der Waals surface area contributed by atoms with Crippen molar-refractivity contribution >= 4 is 27.7 Å². The van der Waals surface area contributed by atoms with Gasteiger partial charge >= 0.3 is 0 Å². The highest BCUT2D eigenvalue weighted by Gasteiger charge is 2.12. The quantitative estimate of drug-likeness (QED) is 0.619. The topological polar surface area (TPSA) is 87.8 Å². The van der Waals surface area contributed by atoms with Gasteiger partial charge in [0.2, 0.25) is 10.0 Å². The number of sulfonamides is 1. The summed E-state index contributed by atoms with van der Waals surface area (Å²) < 4.78 is 25.5. The van der Waals surface area contributed by atoms with Gasteiger partial charge in [0.15, 0.2) is 5.96 Å². The van der Waals surface area contributed by atoms with E-state index in [0.29, 0.717) is 12.5 Å². The minimum absolute atomic E-state index is 0.249. The van der Waals surface area contributed by atoms with Crippen LogP contribution in [0, 0.1) is 0 Å². The van der Waals surface area contributed by atoms with Crippen LogP contribution in [-0.2, 0) is 16.6 Å². The van der Waals surface area contributed by atoms with Crippen LogP contribution in [-0.4, -0.2) is 50.9 Å². The summed E-state index contributed by atoms with van der Waals surface area (Å²) in [7, 11) is -1.99. The van der Waals surface area contributed by atoms with Gasteiger partial charge in [0, 0.05) is 24.6 Å². The Morgan fingerprint density at radius 3 is 2.52 bits per heavy atom. The van der Waals surface area contributed by atoms with E-state index in [1.807, 2.05) is 11.8 Å². The van der Waals surface area contributed by atoms with Crippen molar-refractivity contribution in [2.45, 2.75) is 11.4 Å². The van der Waals surface area contributed by atoms with Crippen molar-refractivity contribution in [2.24, 2.45) is 10.7 Å². The molecule has 1 heterocycles. The van der Waals surface area contributed by atoms with Crippen LogP contribution < -0.4 is 10.5 Å². The average Bonchev–Trinajstić information content (AvgIpc) is 2.54. The molecular weight excluding hydrogens is 308 g/mol. The number of rotatable bonds is 4. The molecule has 1 saturated heterocycles. The van der Waals surface area contributed by atoms with Crippen LogP contribution in [0.5, 0.6) is 0 Å². The normalized spacial score (nSPS) is 17.0. The molecule has 21 heavy (non-hydrogen) atoms. The van der Waals surface area contributed by atoms with E-state index in [9.17, 15) is 8.42 Å².